The average Bonchev–Trinajstić information content (AvgIpc) is 3.59. The molecule has 12 heteroatoms. The van der Waals surface area contributed by atoms with Crippen LogP contribution in [0.5, 0.6) is 17.4 Å². The molecule has 1 N–H and O–H groups in total. The lowest BCUT2D eigenvalue weighted by atomic mass is 10.1. The summed E-state index contributed by atoms with van der Waals surface area (Å²) in [6.45, 7) is 20.5. The molecule has 1 aliphatic rings. The van der Waals surface area contributed by atoms with Crippen LogP contribution in [0.2, 0.25) is 0 Å². The summed E-state index contributed by atoms with van der Waals surface area (Å²) in [6.07, 6.45) is 11.3. The number of hydrogen-bond donors (Lipinski definition) is 1. The molecule has 0 amide bonds. The molecule has 5 rings (SSSR count). The van der Waals surface area contributed by atoms with E-state index in [2.05, 4.69) is 56.4 Å². The second-order valence-electron chi connectivity index (χ2n) is 11.0. The smallest absolute Gasteiger partial charge is 0.239 e. The van der Waals surface area contributed by atoms with E-state index in [9.17, 15) is 0 Å². The molecule has 1 aliphatic heterocycles. The number of benzene rings is 1. The van der Waals surface area contributed by atoms with Crippen LogP contribution in [0.25, 0.3) is 17.2 Å². The Balaban J connectivity index is 0.000000600. The fourth-order valence-electron chi connectivity index (χ4n) is 4.63. The van der Waals surface area contributed by atoms with Crippen molar-refractivity contribution in [2.45, 2.75) is 79.6 Å². The maximum absolute atomic E-state index is 6.10. The Bertz CT molecular complexity index is 1660. The van der Waals surface area contributed by atoms with E-state index in [4.69, 9.17) is 18.9 Å². The van der Waals surface area contributed by atoms with Gasteiger partial charge >= 0.3 is 0 Å². The Morgan fingerprint density at radius 1 is 0.941 bits per heavy atom. The molecule has 1 aromatic carbocycles. The summed E-state index contributed by atoms with van der Waals surface area (Å²) in [5.74, 6) is 3.29. The minimum Gasteiger partial charge on any atom is -0.494 e. The van der Waals surface area contributed by atoms with Crippen LogP contribution < -0.4 is 18.9 Å². The first-order valence-electron chi connectivity index (χ1n) is 17.2. The van der Waals surface area contributed by atoms with Crippen molar-refractivity contribution in [1.29, 1.82) is 0 Å². The topological polar surface area (TPSA) is 118 Å². The number of rotatable bonds is 11. The van der Waals surface area contributed by atoms with Crippen molar-refractivity contribution in [3.63, 3.8) is 0 Å². The summed E-state index contributed by atoms with van der Waals surface area (Å²) < 4.78 is 28.1. The van der Waals surface area contributed by atoms with E-state index in [0.29, 0.717) is 53.0 Å². The second kappa shape index (κ2) is 22.9. The highest BCUT2D eigenvalue weighted by atomic mass is 32.2. The molecule has 1 fully saturated rings. The minimum absolute atomic E-state index is 0.0505. The number of methoxy groups -OCH3 is 3. The van der Waals surface area contributed by atoms with Crippen LogP contribution in [0.4, 0.5) is 5.95 Å². The summed E-state index contributed by atoms with van der Waals surface area (Å²) in [6, 6.07) is 11.1. The van der Waals surface area contributed by atoms with Crippen molar-refractivity contribution in [1.82, 2.24) is 29.7 Å². The van der Waals surface area contributed by atoms with Crippen molar-refractivity contribution >= 4 is 17.9 Å². The van der Waals surface area contributed by atoms with Crippen LogP contribution in [-0.2, 0) is 4.74 Å². The van der Waals surface area contributed by atoms with Crippen molar-refractivity contribution in [3.05, 3.63) is 96.1 Å². The molecule has 11 nitrogen and oxygen atoms in total. The number of ether oxygens (including phenoxy) is 4. The number of aryl methyl sites for hydroxylation is 1. The van der Waals surface area contributed by atoms with Gasteiger partial charge < -0.3 is 18.9 Å². The third-order valence-corrected chi connectivity index (χ3v) is 7.97. The van der Waals surface area contributed by atoms with E-state index in [0.717, 1.165) is 24.0 Å². The van der Waals surface area contributed by atoms with Crippen LogP contribution >= 0.6 is 11.9 Å². The molecule has 276 valence electrons. The van der Waals surface area contributed by atoms with Crippen LogP contribution in [0.15, 0.2) is 84.7 Å². The van der Waals surface area contributed by atoms with Gasteiger partial charge in [-0.2, -0.15) is 0 Å². The first-order valence-corrected chi connectivity index (χ1v) is 18.1. The molecule has 0 bridgehead atoms. The molecule has 0 spiro atoms. The molecule has 0 radical (unpaired) electrons. The van der Waals surface area contributed by atoms with Gasteiger partial charge in [-0.25, -0.2) is 15.0 Å². The van der Waals surface area contributed by atoms with Crippen molar-refractivity contribution in [2.24, 2.45) is 0 Å². The molecular weight excluding hydrogens is 663 g/mol. The highest BCUT2D eigenvalue weighted by Gasteiger charge is 2.32. The van der Waals surface area contributed by atoms with Crippen LogP contribution in [0.3, 0.4) is 0 Å². The zero-order valence-corrected chi connectivity index (χ0v) is 32.9. The Labute approximate surface area is 308 Å². The SMILES string of the molecule is C=C(C)/C=C\C=C(C)C.CC.CC.COc1cccc(-c2nnc(NSC3CCCOC3c3ncc(C)cn3)n2-c2c(OC)cccc2OC)n1. The van der Waals surface area contributed by atoms with E-state index < -0.39 is 0 Å². The molecular formula is C39H55N7O4S. The number of nitrogens with one attached hydrogen (secondary N) is 1. The number of pyridine rings is 1. The zero-order chi connectivity index (χ0) is 37.8. The molecule has 2 unspecified atom stereocenters. The quantitative estimate of drug-likeness (QED) is 0.118. The Kier molecular flexibility index (Phi) is 19.1. The molecule has 4 heterocycles. The zero-order valence-electron chi connectivity index (χ0n) is 32.1. The van der Waals surface area contributed by atoms with Crippen molar-refractivity contribution < 1.29 is 18.9 Å². The van der Waals surface area contributed by atoms with Crippen LogP contribution in [-0.4, -0.2) is 62.9 Å². The number of para-hydroxylation sites is 1. The monoisotopic (exact) mass is 717 g/mol. The lowest BCUT2D eigenvalue weighted by molar-refractivity contribution is 0.0147. The number of anilines is 1. The van der Waals surface area contributed by atoms with E-state index in [1.54, 1.807) is 27.4 Å². The lowest BCUT2D eigenvalue weighted by Crippen LogP contribution is -2.27. The maximum atomic E-state index is 6.10. The Hall–Kier alpha value is -4.68. The highest BCUT2D eigenvalue weighted by molar-refractivity contribution is 8.01. The minimum atomic E-state index is -0.251. The van der Waals surface area contributed by atoms with Gasteiger partial charge in [0.1, 0.15) is 29.0 Å². The predicted molar refractivity (Wildman–Crippen MR) is 210 cm³/mol. The van der Waals surface area contributed by atoms with Gasteiger partial charge in [0.15, 0.2) is 11.6 Å². The number of hydrogen-bond acceptors (Lipinski definition) is 11. The van der Waals surface area contributed by atoms with Gasteiger partial charge in [-0.1, -0.05) is 75.8 Å². The predicted octanol–water partition coefficient (Wildman–Crippen LogP) is 9.57. The summed E-state index contributed by atoms with van der Waals surface area (Å²) in [5, 5.41) is 9.03. The summed E-state index contributed by atoms with van der Waals surface area (Å²) in [7, 11) is 4.79. The number of aromatic nitrogens is 6. The number of allylic oxidation sites excluding steroid dienone is 5. The second-order valence-corrected chi connectivity index (χ2v) is 12.1. The summed E-state index contributed by atoms with van der Waals surface area (Å²) in [4.78, 5) is 13.6. The first kappa shape index (κ1) is 42.5. The fourth-order valence-corrected chi connectivity index (χ4v) is 5.63. The normalized spacial score (nSPS) is 14.7. The van der Waals surface area contributed by atoms with E-state index in [1.807, 2.05) is 101 Å². The molecule has 0 aliphatic carbocycles. The standard InChI is InChI=1S/C26H29N7O4S.C9H14.2C2H6/c1-16-14-27-24(28-15-16)23-20(11-7-13-37-23)38-32-26-31-30-25(17-8-5-12-21(29-17)36-4)33(26)22-18(34-2)9-6-10-19(22)35-3;1-8(2)6-5-7-9(3)4;2*1-2/h5-6,8-10,12,14-15,20,23H,7,11,13H2,1-4H3,(H,31,32);5-7H,1H2,2-4H3;2*1-2H3/b;6-5-;;. The third-order valence-electron chi connectivity index (χ3n) is 6.89. The van der Waals surface area contributed by atoms with Crippen molar-refractivity contribution in [3.8, 4) is 34.6 Å². The lowest BCUT2D eigenvalue weighted by Gasteiger charge is -2.30. The fraction of sp³-hybridized carbons (Fsp3) is 0.410. The van der Waals surface area contributed by atoms with Crippen LogP contribution in [0, 0.1) is 6.92 Å². The van der Waals surface area contributed by atoms with E-state index >= 15 is 0 Å². The Morgan fingerprint density at radius 2 is 1.59 bits per heavy atom. The molecule has 4 aromatic rings. The molecule has 0 saturated carbocycles. The summed E-state index contributed by atoms with van der Waals surface area (Å²) in [5.41, 5.74) is 4.63. The van der Waals surface area contributed by atoms with E-state index in [1.165, 1.54) is 17.5 Å². The summed E-state index contributed by atoms with van der Waals surface area (Å²) >= 11 is 1.50. The van der Waals surface area contributed by atoms with E-state index in [-0.39, 0.29) is 11.4 Å². The van der Waals surface area contributed by atoms with Gasteiger partial charge in [0.2, 0.25) is 11.8 Å². The number of nitrogens with zero attached hydrogens (tertiary/aromatic N) is 6. The largest absolute Gasteiger partial charge is 0.494 e. The third kappa shape index (κ3) is 12.6. The van der Waals surface area contributed by atoms with Crippen molar-refractivity contribution in [2.75, 3.05) is 32.7 Å². The van der Waals surface area contributed by atoms with Gasteiger partial charge in [0.25, 0.3) is 0 Å². The highest BCUT2D eigenvalue weighted by Crippen LogP contribution is 2.40. The van der Waals surface area contributed by atoms with Gasteiger partial charge in [-0.05, 0) is 76.2 Å². The molecule has 51 heavy (non-hydrogen) atoms. The van der Waals surface area contributed by atoms with Gasteiger partial charge in [0.05, 0.1) is 26.6 Å². The average molecular weight is 718 g/mol. The molecule has 3 aromatic heterocycles. The van der Waals surface area contributed by atoms with Crippen LogP contribution in [0.1, 0.15) is 78.8 Å². The molecule has 2 atom stereocenters. The van der Waals surface area contributed by atoms with Gasteiger partial charge in [0, 0.05) is 25.1 Å². The maximum Gasteiger partial charge on any atom is 0.239 e. The molecule has 1 saturated heterocycles. The van der Waals surface area contributed by atoms with Gasteiger partial charge in [-0.15, -0.1) is 10.2 Å². The first-order chi connectivity index (χ1) is 24.7. The van der Waals surface area contributed by atoms with Gasteiger partial charge in [-0.3, -0.25) is 9.29 Å². The Morgan fingerprint density at radius 3 is 2.18 bits per heavy atom.